The summed E-state index contributed by atoms with van der Waals surface area (Å²) in [7, 11) is 0. The molecule has 3 aromatic heterocycles. The zero-order valence-corrected chi connectivity index (χ0v) is 21.7. The van der Waals surface area contributed by atoms with E-state index in [4.69, 9.17) is 0 Å². The largest absolute Gasteiger partial charge is 0.352 e. The van der Waals surface area contributed by atoms with Gasteiger partial charge in [-0.15, -0.1) is 16.4 Å². The number of hydrogen-bond acceptors (Lipinski definition) is 7. The predicted octanol–water partition coefficient (Wildman–Crippen LogP) is 4.24. The molecule has 2 unspecified atom stereocenters. The standard InChI is InChI=1S/C28H29N7OS/c1-2-19-14-23-26(29-17-30-27(23)37-19)33-10-12-34(13-11-33)28(36)20-7-5-6-18(21-15-22(20)21)16-35-25-9-4-3-8-24(25)31-32-35/h3-4,6-9,14,17,21-22H,2,5,10-13,15-16H2,1H3. The molecule has 0 spiro atoms. The van der Waals surface area contributed by atoms with Gasteiger partial charge in [-0.25, -0.2) is 14.6 Å². The molecule has 2 fully saturated rings. The molecule has 7 rings (SSSR count). The number of rotatable bonds is 5. The fourth-order valence-electron chi connectivity index (χ4n) is 5.85. The molecule has 1 saturated heterocycles. The first kappa shape index (κ1) is 22.6. The fourth-order valence-corrected chi connectivity index (χ4v) is 6.78. The van der Waals surface area contributed by atoms with Crippen molar-refractivity contribution < 1.29 is 4.79 Å². The van der Waals surface area contributed by atoms with Crippen LogP contribution in [-0.2, 0) is 17.8 Å². The minimum absolute atomic E-state index is 0.213. The van der Waals surface area contributed by atoms with Crippen LogP contribution in [0, 0.1) is 11.8 Å². The van der Waals surface area contributed by atoms with Crippen molar-refractivity contribution in [1.29, 1.82) is 0 Å². The lowest BCUT2D eigenvalue weighted by molar-refractivity contribution is -0.127. The van der Waals surface area contributed by atoms with E-state index < -0.39 is 0 Å². The molecule has 188 valence electrons. The third kappa shape index (κ3) is 4.01. The number of thiophene rings is 1. The van der Waals surface area contributed by atoms with Crippen LogP contribution in [0.5, 0.6) is 0 Å². The van der Waals surface area contributed by atoms with Crippen LogP contribution >= 0.6 is 11.3 Å². The van der Waals surface area contributed by atoms with E-state index in [1.807, 2.05) is 27.8 Å². The van der Waals surface area contributed by atoms with E-state index in [1.54, 1.807) is 17.7 Å². The molecule has 4 aromatic rings. The second-order valence-corrected chi connectivity index (χ2v) is 11.2. The van der Waals surface area contributed by atoms with Crippen molar-refractivity contribution >= 4 is 44.3 Å². The van der Waals surface area contributed by atoms with Crippen LogP contribution in [-0.4, -0.2) is 61.9 Å². The molecule has 2 atom stereocenters. The normalized spacial score (nSPS) is 21.5. The van der Waals surface area contributed by atoms with E-state index in [2.05, 4.69) is 56.4 Å². The summed E-state index contributed by atoms with van der Waals surface area (Å²) in [6.07, 6.45) is 8.98. The Labute approximate surface area is 219 Å². The van der Waals surface area contributed by atoms with Crippen molar-refractivity contribution in [1.82, 2.24) is 29.9 Å². The van der Waals surface area contributed by atoms with E-state index in [0.29, 0.717) is 11.8 Å². The fraction of sp³-hybridized carbons (Fsp3) is 0.393. The van der Waals surface area contributed by atoms with Crippen molar-refractivity contribution in [2.24, 2.45) is 11.8 Å². The Balaban J connectivity index is 1.01. The molecule has 1 aromatic carbocycles. The number of piperazine rings is 1. The monoisotopic (exact) mass is 511 g/mol. The number of allylic oxidation sites excluding steroid dienone is 3. The van der Waals surface area contributed by atoms with Gasteiger partial charge in [0.25, 0.3) is 0 Å². The van der Waals surface area contributed by atoms with Crippen LogP contribution < -0.4 is 4.90 Å². The van der Waals surface area contributed by atoms with Gasteiger partial charge in [0.15, 0.2) is 0 Å². The van der Waals surface area contributed by atoms with E-state index >= 15 is 0 Å². The predicted molar refractivity (Wildman–Crippen MR) is 145 cm³/mol. The van der Waals surface area contributed by atoms with E-state index in [1.165, 1.54) is 10.5 Å². The molecule has 1 saturated carbocycles. The van der Waals surface area contributed by atoms with Crippen LogP contribution in [0.2, 0.25) is 0 Å². The highest BCUT2D eigenvalue weighted by Crippen LogP contribution is 2.51. The second kappa shape index (κ2) is 9.06. The third-order valence-corrected chi connectivity index (χ3v) is 9.15. The molecule has 3 aliphatic rings. The van der Waals surface area contributed by atoms with Gasteiger partial charge in [-0.2, -0.15) is 0 Å². The van der Waals surface area contributed by atoms with E-state index in [9.17, 15) is 4.79 Å². The quantitative estimate of drug-likeness (QED) is 0.373. The smallest absolute Gasteiger partial charge is 0.249 e. The number of anilines is 1. The van der Waals surface area contributed by atoms with Gasteiger partial charge in [0.1, 0.15) is 22.5 Å². The Bertz CT molecular complexity index is 1560. The summed E-state index contributed by atoms with van der Waals surface area (Å²) in [5.41, 5.74) is 4.36. The molecule has 4 heterocycles. The van der Waals surface area contributed by atoms with Crippen molar-refractivity contribution in [3.63, 3.8) is 0 Å². The first-order valence-corrected chi connectivity index (χ1v) is 14.0. The highest BCUT2D eigenvalue weighted by Gasteiger charge is 2.46. The maximum atomic E-state index is 13.6. The molecule has 0 radical (unpaired) electrons. The lowest BCUT2D eigenvalue weighted by atomic mass is 10.1. The van der Waals surface area contributed by atoms with Crippen molar-refractivity contribution in [3.8, 4) is 0 Å². The van der Waals surface area contributed by atoms with Crippen molar-refractivity contribution in [2.75, 3.05) is 31.1 Å². The van der Waals surface area contributed by atoms with Crippen LogP contribution in [0.1, 0.15) is 24.6 Å². The molecule has 0 N–H and O–H groups in total. The Morgan fingerprint density at radius 1 is 1.08 bits per heavy atom. The third-order valence-electron chi connectivity index (χ3n) is 7.96. The number of benzene rings is 1. The minimum Gasteiger partial charge on any atom is -0.352 e. The molecular weight excluding hydrogens is 482 g/mol. The molecule has 37 heavy (non-hydrogen) atoms. The summed E-state index contributed by atoms with van der Waals surface area (Å²) in [6.45, 7) is 5.93. The molecule has 9 heteroatoms. The summed E-state index contributed by atoms with van der Waals surface area (Å²) < 4.78 is 1.99. The number of aromatic nitrogens is 5. The van der Waals surface area contributed by atoms with Crippen LogP contribution in [0.15, 0.2) is 60.0 Å². The number of carbonyl (C=O) groups is 1. The van der Waals surface area contributed by atoms with Gasteiger partial charge in [0, 0.05) is 36.6 Å². The summed E-state index contributed by atoms with van der Waals surface area (Å²) in [6, 6.07) is 10.3. The zero-order chi connectivity index (χ0) is 24.9. The van der Waals surface area contributed by atoms with Gasteiger partial charge in [0.05, 0.1) is 17.4 Å². The molecule has 8 nitrogen and oxygen atoms in total. The SMILES string of the molecule is CCc1cc2c(N3CCN(C(=O)C4=CCC=C(Cn5nnc6ccccc65)C5CC45)CC3)ncnc2s1. The Morgan fingerprint density at radius 2 is 1.95 bits per heavy atom. The minimum atomic E-state index is 0.213. The van der Waals surface area contributed by atoms with Gasteiger partial charge < -0.3 is 9.80 Å². The van der Waals surface area contributed by atoms with Gasteiger partial charge in [-0.05, 0) is 54.9 Å². The van der Waals surface area contributed by atoms with Gasteiger partial charge in [0.2, 0.25) is 5.91 Å². The molecular formula is C28H29N7OS. The molecule has 1 amide bonds. The number of hydrogen-bond donors (Lipinski definition) is 0. The van der Waals surface area contributed by atoms with Crippen LogP contribution in [0.4, 0.5) is 5.82 Å². The van der Waals surface area contributed by atoms with E-state index in [-0.39, 0.29) is 5.91 Å². The highest BCUT2D eigenvalue weighted by molar-refractivity contribution is 7.18. The number of nitrogens with zero attached hydrogens (tertiary/aromatic N) is 7. The summed E-state index contributed by atoms with van der Waals surface area (Å²) in [5.74, 6) is 1.97. The average molecular weight is 512 g/mol. The summed E-state index contributed by atoms with van der Waals surface area (Å²) in [5, 5.41) is 9.81. The van der Waals surface area contributed by atoms with Gasteiger partial charge in [-0.3, -0.25) is 4.79 Å². The molecule has 1 aliphatic heterocycles. The van der Waals surface area contributed by atoms with Gasteiger partial charge in [-0.1, -0.05) is 36.4 Å². The van der Waals surface area contributed by atoms with Crippen molar-refractivity contribution in [2.45, 2.75) is 32.7 Å². The van der Waals surface area contributed by atoms with Gasteiger partial charge >= 0.3 is 0 Å². The van der Waals surface area contributed by atoms with Crippen LogP contribution in [0.25, 0.3) is 21.3 Å². The topological polar surface area (TPSA) is 80.0 Å². The second-order valence-electron chi connectivity index (χ2n) is 10.1. The molecule has 0 bridgehead atoms. The highest BCUT2D eigenvalue weighted by atomic mass is 32.1. The van der Waals surface area contributed by atoms with Crippen LogP contribution in [0.3, 0.4) is 0 Å². The summed E-state index contributed by atoms with van der Waals surface area (Å²) in [4.78, 5) is 29.4. The first-order valence-electron chi connectivity index (χ1n) is 13.1. The average Bonchev–Trinajstić information content (AvgIpc) is 3.48. The maximum absolute atomic E-state index is 13.6. The number of carbonyl (C=O) groups excluding carboxylic acids is 1. The lowest BCUT2D eigenvalue weighted by Crippen LogP contribution is -2.49. The number of aryl methyl sites for hydroxylation is 1. The number of para-hydroxylation sites is 1. The van der Waals surface area contributed by atoms with Crippen molar-refractivity contribution in [3.05, 3.63) is 64.8 Å². The summed E-state index contributed by atoms with van der Waals surface area (Å²) >= 11 is 1.74. The number of amides is 1. The lowest BCUT2D eigenvalue weighted by Gasteiger charge is -2.36. The molecule has 2 aliphatic carbocycles. The number of fused-ring (bicyclic) bond motifs is 3. The zero-order valence-electron chi connectivity index (χ0n) is 20.9. The van der Waals surface area contributed by atoms with E-state index in [0.717, 1.165) is 84.6 Å². The first-order chi connectivity index (χ1) is 18.2. The maximum Gasteiger partial charge on any atom is 0.249 e. The Kier molecular flexibility index (Phi) is 5.53. The Morgan fingerprint density at radius 3 is 2.81 bits per heavy atom. The Hall–Kier alpha value is -3.59.